The lowest BCUT2D eigenvalue weighted by Crippen LogP contribution is -2.65. The monoisotopic (exact) mass is 1660 g/mol. The van der Waals surface area contributed by atoms with Crippen molar-refractivity contribution in [2.45, 2.75) is 163 Å². The van der Waals surface area contributed by atoms with Gasteiger partial charge in [0.2, 0.25) is 47.5 Å². The zero-order valence-corrected chi connectivity index (χ0v) is 65.0. The number of aliphatic hydroxyl groups excluding tert-OH is 6. The molecular weight excluding hydrogens is 1580 g/mol. The lowest BCUT2D eigenvalue weighted by Gasteiger charge is -2.48. The number of benzene rings is 7. The molecule has 2 saturated heterocycles. The summed E-state index contributed by atoms with van der Waals surface area (Å²) in [7, 11) is 1.49. The van der Waals surface area contributed by atoms with E-state index in [-0.39, 0.29) is 64.1 Å². The van der Waals surface area contributed by atoms with Crippen molar-refractivity contribution in [3.05, 3.63) is 176 Å². The Balaban J connectivity index is 1.04. The Hall–Kier alpha value is -10.1. The third kappa shape index (κ3) is 18.5. The lowest BCUT2D eigenvalue weighted by molar-refractivity contribution is -0.334. The van der Waals surface area contributed by atoms with E-state index in [1.807, 2.05) is 50.2 Å². The minimum Gasteiger partial charge on any atom is -0.508 e. The van der Waals surface area contributed by atoms with E-state index < -0.39 is 225 Å². The van der Waals surface area contributed by atoms with Gasteiger partial charge in [-0.3, -0.25) is 28.8 Å². The second kappa shape index (κ2) is 35.2. The number of aromatic hydroxyl groups is 3. The Kier molecular flexibility index (Phi) is 25.8. The number of carbonyl (C=O) groups is 7. The average Bonchev–Trinajstić information content (AvgIpc) is 0.764. The Morgan fingerprint density at radius 1 is 0.687 bits per heavy atom. The number of carbonyl (C=O) groups excluding carboxylic acids is 6. The van der Waals surface area contributed by atoms with Crippen LogP contribution >= 0.6 is 47.0 Å². The van der Waals surface area contributed by atoms with Crippen LogP contribution in [0.5, 0.6) is 46.0 Å². The summed E-state index contributed by atoms with van der Waals surface area (Å²) < 4.78 is 39.7. The number of carboxylic acid groups (broad SMARTS) is 1. The normalized spacial score (nSPS) is 27.2. The van der Waals surface area contributed by atoms with Gasteiger partial charge < -0.3 is 128 Å². The van der Waals surface area contributed by atoms with Crippen molar-refractivity contribution in [1.82, 2.24) is 42.5 Å². The number of fused-ring (bicyclic) bond motifs is 15. The molecule has 11 bridgehead atoms. The fourth-order valence-electron chi connectivity index (χ4n) is 14.4. The number of hydrogen-bond acceptors (Lipinski definition) is 25. The van der Waals surface area contributed by atoms with Crippen molar-refractivity contribution in [3.63, 3.8) is 0 Å². The zero-order valence-electron chi connectivity index (χ0n) is 62.0. The third-order valence-electron chi connectivity index (χ3n) is 20.6. The number of phenols is 3. The van der Waals surface area contributed by atoms with Gasteiger partial charge in [0.25, 0.3) is 0 Å². The number of nitrogens with one attached hydrogen (secondary N) is 8. The van der Waals surface area contributed by atoms with E-state index in [0.717, 1.165) is 47.0 Å². The van der Waals surface area contributed by atoms with Crippen molar-refractivity contribution in [1.29, 1.82) is 0 Å². The Morgan fingerprint density at radius 3 is 1.91 bits per heavy atom. The van der Waals surface area contributed by atoms with Crippen LogP contribution in [0.3, 0.4) is 0 Å². The van der Waals surface area contributed by atoms with E-state index in [1.54, 1.807) is 26.0 Å². The van der Waals surface area contributed by atoms with E-state index in [9.17, 15) is 75.0 Å². The molecule has 115 heavy (non-hydrogen) atoms. The van der Waals surface area contributed by atoms with E-state index in [4.69, 9.17) is 81.2 Å². The molecule has 0 aromatic heterocycles. The van der Waals surface area contributed by atoms with Gasteiger partial charge >= 0.3 is 5.97 Å². The summed E-state index contributed by atoms with van der Waals surface area (Å²) in [5.41, 5.74) is 4.98. The molecule has 18 atom stereocenters. The van der Waals surface area contributed by atoms with Crippen LogP contribution in [-0.4, -0.2) is 190 Å². The second-order valence-electron chi connectivity index (χ2n) is 29.2. The molecule has 0 spiro atoms. The highest BCUT2D eigenvalue weighted by molar-refractivity contribution is 7.80. The standard InChI is InChI=1S/C79H84Cl3N9O23S/c1-32(2)20-47(84-5)71(102)89-62-64(97)38-13-18-51(45(81)22-38)110-53-24-40-25-54(68(53)114-78-69(67(100)66(99)55(31-92)112-78)113-57-29-79(4,70(101)33(3)109-57)85-30-34-6-8-35(9-7-34)36-10-15-41(80)16-11-36)111-52-19-14-39(23-46(52)82)65(98)63-75(106)88-61(77(107)108)44-26-42(93)27-50(95)58(44)43-21-37(12-17-49(43)94)59(73(104)90-63)91-76(115)60(40)87-72(103)48(28-56(83)96)86-74(62)105/h6-19,21-27,32-33,47-48,55,57,59-67,69-70,78,84-85,92-95,97-101H,20,28-31H2,1-5H3,(H2,83,96)(H,86,105)(H,87,103)(H,88,106)(H,89,102)(H,90,104)(H,91,115)(H,107,108)/t33-,47+,48-,55+,57-,59+,60+,61-,62+,63-,64+,65+,66+,67-,69+,70+,78-,79-/m0/s1. The van der Waals surface area contributed by atoms with E-state index in [0.29, 0.717) is 5.02 Å². The van der Waals surface area contributed by atoms with Gasteiger partial charge in [-0.05, 0) is 139 Å². The zero-order chi connectivity index (χ0) is 82.9. The summed E-state index contributed by atoms with van der Waals surface area (Å²) in [5.74, 6) is -13.6. The number of ether oxygens (including phenoxy) is 6. The summed E-state index contributed by atoms with van der Waals surface area (Å²) >= 11 is 26.8. The highest BCUT2D eigenvalue weighted by Crippen LogP contribution is 2.50. The van der Waals surface area contributed by atoms with Crippen molar-refractivity contribution in [2.24, 2.45) is 11.7 Å². The van der Waals surface area contributed by atoms with Crippen LogP contribution in [-0.2, 0) is 54.3 Å². The number of rotatable bonds is 17. The first-order valence-electron chi connectivity index (χ1n) is 36.4. The Bertz CT molecular complexity index is 4900. The van der Waals surface area contributed by atoms with E-state index in [1.165, 1.54) is 55.6 Å². The van der Waals surface area contributed by atoms with Crippen molar-refractivity contribution >= 4 is 93.4 Å². The molecule has 14 rings (SSSR count). The molecule has 0 unspecified atom stereocenters. The maximum absolute atomic E-state index is 15.6. The number of aliphatic hydroxyl groups is 6. The van der Waals surface area contributed by atoms with Crippen LogP contribution in [0.25, 0.3) is 22.3 Å². The van der Waals surface area contributed by atoms with Gasteiger partial charge in [0.05, 0.1) is 41.3 Å². The predicted molar refractivity (Wildman–Crippen MR) is 416 cm³/mol. The topological polar surface area (TPSA) is 499 Å². The SMILES string of the molecule is CN[C@H](CC(C)C)C(=O)N[C@H]1C(=O)N[C@@H](CC(N)=O)C(=O)N[C@H]2C(=S)N[C@H]3C(=O)N[C@H](C(=O)N[C@H](C(=O)O)c4cc(O)cc(O)c4-c4cc3ccc4O)[C@H](O)c3ccc(c(Cl)c3)Oc3cc2cc(c3O[C@@H]2O[C@H](CO)[C@@H](O)[C@H](O)[C@H]2O[C@H]2C[C@](C)(NCc3ccc(-c4ccc(Cl)cc4)cc3)[C@H](O)[C@H](C)O2)Oc2ccc(cc2Cl)[C@H]1O. The van der Waals surface area contributed by atoms with E-state index >= 15 is 9.59 Å². The number of aliphatic carboxylic acids is 1. The van der Waals surface area contributed by atoms with Crippen molar-refractivity contribution in [3.8, 4) is 68.2 Å². The number of hydrogen-bond donors (Lipinski definition) is 19. The number of thiocarbonyl (C=S) groups is 1. The quantitative estimate of drug-likeness (QED) is 0.0530. The van der Waals surface area contributed by atoms with Crippen molar-refractivity contribution in [2.75, 3.05) is 13.7 Å². The first-order valence-corrected chi connectivity index (χ1v) is 37.9. The molecule has 7 aromatic rings. The fourth-order valence-corrected chi connectivity index (χ4v) is 15.3. The molecule has 36 heteroatoms. The number of carboxylic acids is 1. The van der Waals surface area contributed by atoms with Crippen LogP contribution in [0.1, 0.15) is 111 Å². The molecule has 0 aliphatic carbocycles. The van der Waals surface area contributed by atoms with Gasteiger partial charge in [0.1, 0.15) is 94.5 Å². The summed E-state index contributed by atoms with van der Waals surface area (Å²) in [5, 5.41) is 138. The van der Waals surface area contributed by atoms with Crippen LogP contribution < -0.4 is 62.5 Å². The van der Waals surface area contributed by atoms with Crippen molar-refractivity contribution < 1.29 is 113 Å². The van der Waals surface area contributed by atoms with Gasteiger partial charge in [-0.2, -0.15) is 0 Å². The maximum Gasteiger partial charge on any atom is 0.330 e. The molecule has 0 radical (unpaired) electrons. The van der Waals surface area contributed by atoms with Crippen LogP contribution in [0, 0.1) is 5.92 Å². The first kappa shape index (κ1) is 84.4. The minimum absolute atomic E-state index is 0.0894. The lowest BCUT2D eigenvalue weighted by atomic mass is 9.84. The minimum atomic E-state index is -2.24. The molecular formula is C79H84Cl3N9O23S. The smallest absolute Gasteiger partial charge is 0.330 e. The van der Waals surface area contributed by atoms with E-state index in [2.05, 4.69) is 42.5 Å². The molecule has 7 aliphatic heterocycles. The first-order chi connectivity index (χ1) is 54.6. The number of amides is 6. The van der Waals surface area contributed by atoms with Gasteiger partial charge in [-0.15, -0.1) is 0 Å². The van der Waals surface area contributed by atoms with Crippen LogP contribution in [0.4, 0.5) is 0 Å². The number of halogens is 3. The Morgan fingerprint density at radius 2 is 1.31 bits per heavy atom. The number of nitrogens with two attached hydrogens (primary N) is 1. The predicted octanol–water partition coefficient (Wildman–Crippen LogP) is 5.06. The summed E-state index contributed by atoms with van der Waals surface area (Å²) in [4.78, 5) is 101. The van der Waals surface area contributed by atoms with Crippen LogP contribution in [0.2, 0.25) is 15.1 Å². The molecule has 7 aromatic carbocycles. The van der Waals surface area contributed by atoms with Gasteiger partial charge in [-0.25, -0.2) is 4.79 Å². The molecule has 2 fully saturated rings. The highest BCUT2D eigenvalue weighted by Gasteiger charge is 2.52. The van der Waals surface area contributed by atoms with Gasteiger partial charge in [0, 0.05) is 46.3 Å². The highest BCUT2D eigenvalue weighted by atomic mass is 35.5. The number of likely N-dealkylation sites (N-methyl/N-ethyl adjacent to an activating group) is 1. The largest absolute Gasteiger partial charge is 0.508 e. The Labute approximate surface area is 677 Å². The molecule has 6 amide bonds. The maximum atomic E-state index is 15.6. The molecule has 610 valence electrons. The molecule has 7 aliphatic rings. The summed E-state index contributed by atoms with van der Waals surface area (Å²) in [6.07, 6.45) is -18.3. The summed E-state index contributed by atoms with van der Waals surface area (Å²) in [6.45, 7) is 6.24. The summed E-state index contributed by atoms with van der Waals surface area (Å²) in [6, 6.07) is 16.0. The number of primary amides is 1. The molecule has 0 saturated carbocycles. The molecule has 7 heterocycles. The number of phenolic OH excluding ortho intramolecular Hbond substituents is 3. The van der Waals surface area contributed by atoms with Crippen LogP contribution in [0.15, 0.2) is 127 Å². The molecule has 32 nitrogen and oxygen atoms in total. The average molecular weight is 1670 g/mol. The third-order valence-corrected chi connectivity index (χ3v) is 21.8. The molecule has 20 N–H and O–H groups in total. The van der Waals surface area contributed by atoms with Gasteiger partial charge in [0.15, 0.2) is 29.9 Å². The fraction of sp³-hybridized carbons (Fsp3) is 0.367. The second-order valence-corrected chi connectivity index (χ2v) is 30.9. The van der Waals surface area contributed by atoms with Gasteiger partial charge in [-0.1, -0.05) is 115 Å².